The molecule has 1 fully saturated rings. The van der Waals surface area contributed by atoms with Crippen LogP contribution in [0, 0.1) is 10.1 Å². The summed E-state index contributed by atoms with van der Waals surface area (Å²) in [7, 11) is 1.44. The average Bonchev–Trinajstić information content (AvgIpc) is 2.96. The summed E-state index contributed by atoms with van der Waals surface area (Å²) < 4.78 is 10.0. The highest BCUT2D eigenvalue weighted by atomic mass is 16.6. The molecule has 0 N–H and O–H groups in total. The van der Waals surface area contributed by atoms with Crippen molar-refractivity contribution in [3.63, 3.8) is 0 Å². The summed E-state index contributed by atoms with van der Waals surface area (Å²) in [4.78, 5) is 28.4. The Labute approximate surface area is 121 Å². The summed E-state index contributed by atoms with van der Waals surface area (Å²) >= 11 is 0. The summed E-state index contributed by atoms with van der Waals surface area (Å²) in [5.41, 5.74) is -0.146. The number of rotatable bonds is 5. The standard InChI is InChI=1S/C13H17N3O5/c1-3-21-13(17)10-5-4-8-15(10)12-9(16(18)19)6-7-11(14-12)20-2/h6-7,10H,3-5,8H2,1-2H3. The first-order chi connectivity index (χ1) is 10.1. The Morgan fingerprint density at radius 3 is 2.95 bits per heavy atom. The van der Waals surface area contributed by atoms with Gasteiger partial charge in [0.05, 0.1) is 18.6 Å². The fourth-order valence-electron chi connectivity index (χ4n) is 2.39. The third-order valence-corrected chi connectivity index (χ3v) is 3.32. The summed E-state index contributed by atoms with van der Waals surface area (Å²) in [6, 6.07) is 2.22. The molecule has 8 nitrogen and oxygen atoms in total. The number of hydrogen-bond acceptors (Lipinski definition) is 7. The van der Waals surface area contributed by atoms with Crippen molar-refractivity contribution in [2.24, 2.45) is 0 Å². The van der Waals surface area contributed by atoms with Gasteiger partial charge in [-0.15, -0.1) is 0 Å². The Balaban J connectivity index is 2.38. The van der Waals surface area contributed by atoms with E-state index in [2.05, 4.69) is 4.98 Å². The van der Waals surface area contributed by atoms with E-state index in [9.17, 15) is 14.9 Å². The van der Waals surface area contributed by atoms with Crippen LogP contribution in [-0.2, 0) is 9.53 Å². The average molecular weight is 295 g/mol. The van der Waals surface area contributed by atoms with Gasteiger partial charge in [0, 0.05) is 18.7 Å². The van der Waals surface area contributed by atoms with Gasteiger partial charge in [-0.2, -0.15) is 4.98 Å². The van der Waals surface area contributed by atoms with Crippen LogP contribution in [0.3, 0.4) is 0 Å². The van der Waals surface area contributed by atoms with E-state index in [1.807, 2.05) is 0 Å². The number of nitrogens with zero attached hydrogens (tertiary/aromatic N) is 3. The summed E-state index contributed by atoms with van der Waals surface area (Å²) in [5.74, 6) is 0.0360. The molecule has 1 unspecified atom stereocenters. The van der Waals surface area contributed by atoms with E-state index in [1.165, 1.54) is 19.2 Å². The van der Waals surface area contributed by atoms with Crippen LogP contribution in [0.15, 0.2) is 12.1 Å². The van der Waals surface area contributed by atoms with Crippen molar-refractivity contribution in [3.05, 3.63) is 22.2 Å². The van der Waals surface area contributed by atoms with Crippen LogP contribution in [0.2, 0.25) is 0 Å². The first kappa shape index (κ1) is 15.0. The van der Waals surface area contributed by atoms with Crippen LogP contribution >= 0.6 is 0 Å². The second kappa shape index (κ2) is 6.38. The van der Waals surface area contributed by atoms with E-state index in [4.69, 9.17) is 9.47 Å². The molecule has 0 aliphatic carbocycles. The third kappa shape index (κ3) is 3.04. The first-order valence-electron chi connectivity index (χ1n) is 6.71. The van der Waals surface area contributed by atoms with Crippen molar-refractivity contribution in [3.8, 4) is 5.88 Å². The number of hydrogen-bond donors (Lipinski definition) is 0. The number of methoxy groups -OCH3 is 1. The Morgan fingerprint density at radius 2 is 2.33 bits per heavy atom. The molecule has 1 aromatic rings. The van der Waals surface area contributed by atoms with Gasteiger partial charge in [-0.1, -0.05) is 0 Å². The zero-order chi connectivity index (χ0) is 15.4. The van der Waals surface area contributed by atoms with E-state index in [1.54, 1.807) is 11.8 Å². The maximum atomic E-state index is 12.0. The normalized spacial score (nSPS) is 17.6. The van der Waals surface area contributed by atoms with Crippen molar-refractivity contribution in [2.45, 2.75) is 25.8 Å². The van der Waals surface area contributed by atoms with E-state index in [-0.39, 0.29) is 30.0 Å². The van der Waals surface area contributed by atoms with Gasteiger partial charge in [-0.3, -0.25) is 10.1 Å². The fourth-order valence-corrected chi connectivity index (χ4v) is 2.39. The number of esters is 1. The van der Waals surface area contributed by atoms with Gasteiger partial charge in [0.2, 0.25) is 11.7 Å². The molecule has 114 valence electrons. The van der Waals surface area contributed by atoms with Gasteiger partial charge >= 0.3 is 11.7 Å². The quantitative estimate of drug-likeness (QED) is 0.462. The van der Waals surface area contributed by atoms with Gasteiger partial charge in [0.25, 0.3) is 0 Å². The molecule has 1 aromatic heterocycles. The van der Waals surface area contributed by atoms with Crippen LogP contribution in [0.4, 0.5) is 11.5 Å². The molecule has 0 aromatic carbocycles. The lowest BCUT2D eigenvalue weighted by molar-refractivity contribution is -0.384. The topological polar surface area (TPSA) is 94.8 Å². The second-order valence-electron chi connectivity index (χ2n) is 4.56. The Bertz CT molecular complexity index is 549. The lowest BCUT2D eigenvalue weighted by Crippen LogP contribution is -2.38. The maximum absolute atomic E-state index is 12.0. The summed E-state index contributed by atoms with van der Waals surface area (Å²) in [6.07, 6.45) is 1.34. The number of nitro groups is 1. The Morgan fingerprint density at radius 1 is 1.57 bits per heavy atom. The van der Waals surface area contributed by atoms with Gasteiger partial charge in [-0.05, 0) is 19.8 Å². The third-order valence-electron chi connectivity index (χ3n) is 3.32. The second-order valence-corrected chi connectivity index (χ2v) is 4.56. The van der Waals surface area contributed by atoms with Crippen molar-refractivity contribution >= 4 is 17.5 Å². The van der Waals surface area contributed by atoms with Crippen LogP contribution in [0.1, 0.15) is 19.8 Å². The molecule has 21 heavy (non-hydrogen) atoms. The van der Waals surface area contributed by atoms with Gasteiger partial charge in [0.15, 0.2) is 0 Å². The largest absolute Gasteiger partial charge is 0.481 e. The lowest BCUT2D eigenvalue weighted by atomic mass is 10.2. The molecule has 0 saturated carbocycles. The molecular weight excluding hydrogens is 278 g/mol. The Hall–Kier alpha value is -2.38. The number of ether oxygens (including phenoxy) is 2. The predicted octanol–water partition coefficient (Wildman–Crippen LogP) is 1.53. The number of pyridine rings is 1. The highest BCUT2D eigenvalue weighted by Crippen LogP contribution is 2.33. The Kier molecular flexibility index (Phi) is 4.56. The number of anilines is 1. The molecule has 1 aliphatic heterocycles. The van der Waals surface area contributed by atoms with Crippen LogP contribution in [0.5, 0.6) is 5.88 Å². The van der Waals surface area contributed by atoms with Gasteiger partial charge in [-0.25, -0.2) is 4.79 Å². The highest BCUT2D eigenvalue weighted by molar-refractivity contribution is 5.81. The van der Waals surface area contributed by atoms with Crippen LogP contribution in [-0.4, -0.2) is 42.2 Å². The van der Waals surface area contributed by atoms with Gasteiger partial charge < -0.3 is 14.4 Å². The molecule has 0 radical (unpaired) electrons. The molecular formula is C13H17N3O5. The SMILES string of the molecule is CCOC(=O)C1CCCN1c1nc(OC)ccc1[N+](=O)[O-]. The minimum Gasteiger partial charge on any atom is -0.481 e. The van der Waals surface area contributed by atoms with Crippen molar-refractivity contribution in [1.29, 1.82) is 0 Å². The smallest absolute Gasteiger partial charge is 0.328 e. The van der Waals surface area contributed by atoms with E-state index in [0.717, 1.165) is 6.42 Å². The molecule has 1 aliphatic rings. The minimum absolute atomic E-state index is 0.146. The highest BCUT2D eigenvalue weighted by Gasteiger charge is 2.36. The van der Waals surface area contributed by atoms with E-state index in [0.29, 0.717) is 13.0 Å². The molecule has 2 heterocycles. The van der Waals surface area contributed by atoms with Gasteiger partial charge in [0.1, 0.15) is 6.04 Å². The molecule has 2 rings (SSSR count). The first-order valence-corrected chi connectivity index (χ1v) is 6.71. The fraction of sp³-hybridized carbons (Fsp3) is 0.538. The molecule has 8 heteroatoms. The van der Waals surface area contributed by atoms with Crippen LogP contribution < -0.4 is 9.64 Å². The molecule has 0 amide bonds. The van der Waals surface area contributed by atoms with Crippen molar-refractivity contribution < 1.29 is 19.2 Å². The van der Waals surface area contributed by atoms with E-state index >= 15 is 0 Å². The monoisotopic (exact) mass is 295 g/mol. The van der Waals surface area contributed by atoms with E-state index < -0.39 is 11.0 Å². The zero-order valence-electron chi connectivity index (χ0n) is 11.9. The zero-order valence-corrected chi connectivity index (χ0v) is 11.9. The number of carbonyl (C=O) groups excluding carboxylic acids is 1. The minimum atomic E-state index is -0.539. The molecule has 1 atom stereocenters. The summed E-state index contributed by atoms with van der Waals surface area (Å²) in [6.45, 7) is 2.52. The molecule has 0 bridgehead atoms. The number of carbonyl (C=O) groups is 1. The lowest BCUT2D eigenvalue weighted by Gasteiger charge is -2.23. The number of aromatic nitrogens is 1. The molecule has 1 saturated heterocycles. The maximum Gasteiger partial charge on any atom is 0.328 e. The van der Waals surface area contributed by atoms with Crippen molar-refractivity contribution in [1.82, 2.24) is 4.98 Å². The van der Waals surface area contributed by atoms with Crippen molar-refractivity contribution in [2.75, 3.05) is 25.2 Å². The molecule has 0 spiro atoms. The predicted molar refractivity (Wildman–Crippen MR) is 74.4 cm³/mol. The van der Waals surface area contributed by atoms with Crippen LogP contribution in [0.25, 0.3) is 0 Å². The summed E-state index contributed by atoms with van der Waals surface area (Å²) in [5, 5.41) is 11.2.